The van der Waals surface area contributed by atoms with Crippen molar-refractivity contribution in [2.45, 2.75) is 30.6 Å². The maximum atomic E-state index is 12.2. The lowest BCUT2D eigenvalue weighted by Crippen LogP contribution is -2.12. The van der Waals surface area contributed by atoms with Crippen molar-refractivity contribution in [3.8, 4) is 0 Å². The summed E-state index contributed by atoms with van der Waals surface area (Å²) >= 11 is 0. The Bertz CT molecular complexity index is 699. The number of nitrogens with one attached hydrogen (secondary N) is 1. The Kier molecular flexibility index (Phi) is 3.26. The highest BCUT2D eigenvalue weighted by molar-refractivity contribution is 7.92. The Labute approximate surface area is 119 Å². The molecule has 0 radical (unpaired) electrons. The van der Waals surface area contributed by atoms with Gasteiger partial charge < -0.3 is 0 Å². The van der Waals surface area contributed by atoms with Gasteiger partial charge in [-0.25, -0.2) is 8.42 Å². The monoisotopic (exact) mass is 287 g/mol. The number of aryl methyl sites for hydroxylation is 1. The van der Waals surface area contributed by atoms with Crippen molar-refractivity contribution in [2.24, 2.45) is 0 Å². The second-order valence-corrected chi connectivity index (χ2v) is 7.00. The second kappa shape index (κ2) is 4.94. The number of hydrogen-bond donors (Lipinski definition) is 1. The van der Waals surface area contributed by atoms with E-state index in [-0.39, 0.29) is 4.90 Å². The van der Waals surface area contributed by atoms with Crippen LogP contribution in [0.1, 0.15) is 29.9 Å². The maximum absolute atomic E-state index is 12.2. The van der Waals surface area contributed by atoms with Gasteiger partial charge in [0.2, 0.25) is 0 Å². The van der Waals surface area contributed by atoms with E-state index < -0.39 is 10.0 Å². The predicted octanol–water partition coefficient (Wildman–Crippen LogP) is 3.67. The van der Waals surface area contributed by atoms with E-state index in [1.165, 1.54) is 18.4 Å². The van der Waals surface area contributed by atoms with E-state index in [0.29, 0.717) is 11.6 Å². The number of rotatable bonds is 4. The molecule has 2 aromatic rings. The molecule has 1 fully saturated rings. The molecule has 3 rings (SSSR count). The zero-order valence-electron chi connectivity index (χ0n) is 11.3. The topological polar surface area (TPSA) is 46.2 Å². The summed E-state index contributed by atoms with van der Waals surface area (Å²) in [7, 11) is -3.50. The SMILES string of the molecule is Cc1ccc(S(=O)(=O)Nc2ccc(C3CC3)cc2)cc1. The van der Waals surface area contributed by atoms with Crippen molar-refractivity contribution < 1.29 is 8.42 Å². The van der Waals surface area contributed by atoms with Crippen molar-refractivity contribution >= 4 is 15.7 Å². The van der Waals surface area contributed by atoms with Crippen LogP contribution in [0, 0.1) is 6.92 Å². The van der Waals surface area contributed by atoms with Gasteiger partial charge in [-0.05, 0) is 55.5 Å². The zero-order chi connectivity index (χ0) is 14.2. The largest absolute Gasteiger partial charge is 0.280 e. The van der Waals surface area contributed by atoms with Gasteiger partial charge in [0.05, 0.1) is 4.90 Å². The van der Waals surface area contributed by atoms with E-state index in [2.05, 4.69) is 4.72 Å². The summed E-state index contributed by atoms with van der Waals surface area (Å²) in [5, 5.41) is 0. The lowest BCUT2D eigenvalue weighted by Gasteiger charge is -2.09. The van der Waals surface area contributed by atoms with Gasteiger partial charge in [0.15, 0.2) is 0 Å². The molecule has 0 atom stereocenters. The van der Waals surface area contributed by atoms with Crippen LogP contribution in [0.2, 0.25) is 0 Å². The summed E-state index contributed by atoms with van der Waals surface area (Å²) in [5.74, 6) is 0.678. The van der Waals surface area contributed by atoms with Gasteiger partial charge in [-0.15, -0.1) is 0 Å². The number of sulfonamides is 1. The molecule has 1 N–H and O–H groups in total. The molecule has 3 nitrogen and oxygen atoms in total. The van der Waals surface area contributed by atoms with E-state index in [0.717, 1.165) is 5.56 Å². The van der Waals surface area contributed by atoms with Gasteiger partial charge in [0, 0.05) is 5.69 Å². The fourth-order valence-electron chi connectivity index (χ4n) is 2.17. The molecule has 0 spiro atoms. The van der Waals surface area contributed by atoms with Crippen LogP contribution in [0.25, 0.3) is 0 Å². The molecule has 0 bridgehead atoms. The van der Waals surface area contributed by atoms with Crippen LogP contribution in [-0.4, -0.2) is 8.42 Å². The van der Waals surface area contributed by atoms with Crippen LogP contribution >= 0.6 is 0 Å². The van der Waals surface area contributed by atoms with Crippen molar-refractivity contribution in [3.05, 3.63) is 59.7 Å². The Morgan fingerprint density at radius 3 is 2.10 bits per heavy atom. The lowest BCUT2D eigenvalue weighted by atomic mass is 10.1. The Morgan fingerprint density at radius 2 is 1.55 bits per heavy atom. The maximum Gasteiger partial charge on any atom is 0.261 e. The van der Waals surface area contributed by atoms with Crippen molar-refractivity contribution in [1.82, 2.24) is 0 Å². The first-order chi connectivity index (χ1) is 9.54. The normalized spacial score (nSPS) is 15.1. The second-order valence-electron chi connectivity index (χ2n) is 5.31. The van der Waals surface area contributed by atoms with Gasteiger partial charge >= 0.3 is 0 Å². The van der Waals surface area contributed by atoms with Crippen LogP contribution in [0.4, 0.5) is 5.69 Å². The quantitative estimate of drug-likeness (QED) is 0.932. The molecule has 1 saturated carbocycles. The zero-order valence-corrected chi connectivity index (χ0v) is 12.2. The van der Waals surface area contributed by atoms with Gasteiger partial charge in [0.25, 0.3) is 10.0 Å². The summed E-state index contributed by atoms with van der Waals surface area (Å²) in [5.41, 5.74) is 2.94. The van der Waals surface area contributed by atoms with Crippen LogP contribution < -0.4 is 4.72 Å². The first-order valence-electron chi connectivity index (χ1n) is 6.74. The molecule has 0 heterocycles. The molecular weight excluding hydrogens is 270 g/mol. The summed E-state index contributed by atoms with van der Waals surface area (Å²) in [6, 6.07) is 14.5. The minimum Gasteiger partial charge on any atom is -0.280 e. The minimum atomic E-state index is -3.50. The first kappa shape index (κ1) is 13.2. The molecule has 4 heteroatoms. The highest BCUT2D eigenvalue weighted by Gasteiger charge is 2.23. The molecule has 1 aliphatic rings. The first-order valence-corrected chi connectivity index (χ1v) is 8.22. The molecular formula is C16H17NO2S. The molecule has 0 unspecified atom stereocenters. The van der Waals surface area contributed by atoms with Crippen molar-refractivity contribution in [1.29, 1.82) is 0 Å². The third kappa shape index (κ3) is 2.85. The molecule has 20 heavy (non-hydrogen) atoms. The highest BCUT2D eigenvalue weighted by atomic mass is 32.2. The molecule has 0 aromatic heterocycles. The minimum absolute atomic E-state index is 0.286. The summed E-state index contributed by atoms with van der Waals surface area (Å²) in [6.07, 6.45) is 2.49. The van der Waals surface area contributed by atoms with E-state index in [4.69, 9.17) is 0 Å². The van der Waals surface area contributed by atoms with Crippen LogP contribution in [0.5, 0.6) is 0 Å². The molecule has 2 aromatic carbocycles. The third-order valence-corrected chi connectivity index (χ3v) is 4.94. The van der Waals surface area contributed by atoms with E-state index in [9.17, 15) is 8.42 Å². The fourth-order valence-corrected chi connectivity index (χ4v) is 3.23. The van der Waals surface area contributed by atoms with E-state index in [1.54, 1.807) is 24.3 Å². The smallest absolute Gasteiger partial charge is 0.261 e. The fraction of sp³-hybridized carbons (Fsp3) is 0.250. The predicted molar refractivity (Wildman–Crippen MR) is 80.4 cm³/mol. The van der Waals surface area contributed by atoms with Gasteiger partial charge in [0.1, 0.15) is 0 Å². The summed E-state index contributed by atoms with van der Waals surface area (Å²) < 4.78 is 27.1. The van der Waals surface area contributed by atoms with E-state index in [1.807, 2.05) is 31.2 Å². The van der Waals surface area contributed by atoms with Crippen molar-refractivity contribution in [2.75, 3.05) is 4.72 Å². The number of anilines is 1. The number of benzene rings is 2. The van der Waals surface area contributed by atoms with Crippen LogP contribution in [0.15, 0.2) is 53.4 Å². The lowest BCUT2D eigenvalue weighted by molar-refractivity contribution is 0.601. The Hall–Kier alpha value is -1.81. The van der Waals surface area contributed by atoms with Crippen LogP contribution in [-0.2, 0) is 10.0 Å². The van der Waals surface area contributed by atoms with Crippen LogP contribution in [0.3, 0.4) is 0 Å². The van der Waals surface area contributed by atoms with Gasteiger partial charge in [-0.1, -0.05) is 29.8 Å². The highest BCUT2D eigenvalue weighted by Crippen LogP contribution is 2.40. The standard InChI is InChI=1S/C16H17NO2S/c1-12-2-10-16(11-3-12)20(18,19)17-15-8-6-14(7-9-15)13-4-5-13/h2-3,6-11,13,17H,4-5H2,1H3. The third-order valence-electron chi connectivity index (χ3n) is 3.54. The van der Waals surface area contributed by atoms with Crippen molar-refractivity contribution in [3.63, 3.8) is 0 Å². The molecule has 0 aliphatic heterocycles. The summed E-state index contributed by atoms with van der Waals surface area (Å²) in [6.45, 7) is 1.93. The Morgan fingerprint density at radius 1 is 0.950 bits per heavy atom. The Balaban J connectivity index is 1.80. The average molecular weight is 287 g/mol. The molecule has 0 amide bonds. The van der Waals surface area contributed by atoms with Gasteiger partial charge in [-0.3, -0.25) is 4.72 Å². The molecule has 0 saturated heterocycles. The van der Waals surface area contributed by atoms with E-state index >= 15 is 0 Å². The summed E-state index contributed by atoms with van der Waals surface area (Å²) in [4.78, 5) is 0.286. The molecule has 1 aliphatic carbocycles. The molecule has 104 valence electrons. The average Bonchev–Trinajstić information content (AvgIpc) is 3.24. The van der Waals surface area contributed by atoms with Gasteiger partial charge in [-0.2, -0.15) is 0 Å². The number of hydrogen-bond acceptors (Lipinski definition) is 2.